The van der Waals surface area contributed by atoms with Crippen LogP contribution in [0.2, 0.25) is 0 Å². The molecule has 0 heterocycles. The average molecular weight is 373 g/mol. The van der Waals surface area contributed by atoms with E-state index < -0.39 is 0 Å². The molecule has 0 amide bonds. The molecule has 0 aliphatic carbocycles. The number of quaternary nitrogens is 1. The van der Waals surface area contributed by atoms with E-state index in [0.717, 1.165) is 11.0 Å². The van der Waals surface area contributed by atoms with E-state index >= 15 is 0 Å². The Morgan fingerprint density at radius 3 is 1.50 bits per heavy atom. The van der Waals surface area contributed by atoms with Gasteiger partial charge in [-0.3, -0.25) is 0 Å². The van der Waals surface area contributed by atoms with Gasteiger partial charge < -0.3 is 4.48 Å². The minimum atomic E-state index is 0.995. The van der Waals surface area contributed by atoms with Crippen LogP contribution >= 0.6 is 15.9 Å². The van der Waals surface area contributed by atoms with Gasteiger partial charge >= 0.3 is 0 Å². The van der Waals surface area contributed by atoms with Gasteiger partial charge in [0.15, 0.2) is 0 Å². The molecule has 130 valence electrons. The fraction of sp³-hybridized carbons (Fsp3) is 0.900. The van der Waals surface area contributed by atoms with Crippen LogP contribution in [0.4, 0.5) is 0 Å². The van der Waals surface area contributed by atoms with Crippen molar-refractivity contribution >= 4 is 15.9 Å². The Labute approximate surface area is 149 Å². The maximum Gasteiger partial charge on any atom is 0.141 e. The van der Waals surface area contributed by atoms with Gasteiger partial charge in [0.2, 0.25) is 0 Å². The van der Waals surface area contributed by atoms with E-state index in [1.807, 2.05) is 0 Å². The lowest BCUT2D eigenvalue weighted by molar-refractivity contribution is -0.903. The van der Waals surface area contributed by atoms with E-state index in [-0.39, 0.29) is 0 Å². The number of rotatable bonds is 15. The molecule has 0 saturated heterocycles. The van der Waals surface area contributed by atoms with E-state index in [4.69, 9.17) is 0 Å². The second-order valence-corrected chi connectivity index (χ2v) is 7.43. The number of unbranched alkanes of at least 4 members (excludes halogenated alkanes) is 10. The molecule has 0 N–H and O–H groups in total. The van der Waals surface area contributed by atoms with Crippen molar-refractivity contribution in [2.75, 3.05) is 26.7 Å². The van der Waals surface area contributed by atoms with Gasteiger partial charge in [-0.1, -0.05) is 65.2 Å². The van der Waals surface area contributed by atoms with Crippen LogP contribution in [0.1, 0.15) is 90.9 Å². The topological polar surface area (TPSA) is 0 Å². The summed E-state index contributed by atoms with van der Waals surface area (Å²) in [5, 5.41) is 0. The summed E-state index contributed by atoms with van der Waals surface area (Å²) in [5.74, 6) is 3.25. The summed E-state index contributed by atoms with van der Waals surface area (Å²) in [7, 11) is 2.40. The number of halogens is 1. The van der Waals surface area contributed by atoms with Crippen molar-refractivity contribution < 1.29 is 4.48 Å². The lowest BCUT2D eigenvalue weighted by Gasteiger charge is -2.33. The Hall–Kier alpha value is 0. The van der Waals surface area contributed by atoms with Crippen molar-refractivity contribution in [3.63, 3.8) is 0 Å². The van der Waals surface area contributed by atoms with Crippen molar-refractivity contribution in [1.29, 1.82) is 0 Å². The predicted molar refractivity (Wildman–Crippen MR) is 104 cm³/mol. The largest absolute Gasteiger partial charge is 0.316 e. The molecule has 0 aromatic heterocycles. The monoisotopic (exact) mass is 372 g/mol. The maximum absolute atomic E-state index is 3.25. The van der Waals surface area contributed by atoms with Crippen LogP contribution in [0.15, 0.2) is 0 Å². The molecule has 0 saturated carbocycles. The van der Waals surface area contributed by atoms with Crippen LogP contribution in [0, 0.1) is 10.8 Å². The molecule has 0 aliphatic heterocycles. The zero-order valence-corrected chi connectivity index (χ0v) is 17.0. The van der Waals surface area contributed by atoms with E-state index in [2.05, 4.69) is 47.6 Å². The van der Waals surface area contributed by atoms with Crippen LogP contribution in [0.25, 0.3) is 0 Å². The fourth-order valence-electron chi connectivity index (χ4n) is 3.04. The van der Waals surface area contributed by atoms with Crippen molar-refractivity contribution in [2.45, 2.75) is 90.9 Å². The van der Waals surface area contributed by atoms with Gasteiger partial charge in [0.1, 0.15) is 6.54 Å². The zero-order chi connectivity index (χ0) is 16.5. The summed E-state index contributed by atoms with van der Waals surface area (Å²) in [4.78, 5) is 2.91. The normalized spacial score (nSPS) is 11.3. The van der Waals surface area contributed by atoms with E-state index in [9.17, 15) is 0 Å². The summed E-state index contributed by atoms with van der Waals surface area (Å²) in [5.41, 5.74) is 0. The molecule has 0 bridgehead atoms. The first-order chi connectivity index (χ1) is 10.7. The average Bonchev–Trinajstić information content (AvgIpc) is 2.52. The second-order valence-electron chi connectivity index (χ2n) is 7.03. The van der Waals surface area contributed by atoms with Crippen molar-refractivity contribution in [3.8, 4) is 10.8 Å². The Bertz CT molecular complexity index is 274. The first-order valence-electron chi connectivity index (χ1n) is 9.60. The summed E-state index contributed by atoms with van der Waals surface area (Å²) >= 11 is 3.25. The van der Waals surface area contributed by atoms with Crippen LogP contribution in [0.5, 0.6) is 0 Å². The SMILES string of the molecule is CCCCCCCC[N+](C)(CC#CBr)CCCCCCCC. The third-order valence-corrected chi connectivity index (χ3v) is 4.91. The Balaban J connectivity index is 3.92. The molecule has 0 rings (SSSR count). The molecule has 0 radical (unpaired) electrons. The molecule has 1 nitrogen and oxygen atoms in total. The first kappa shape index (κ1) is 22.0. The van der Waals surface area contributed by atoms with Crippen molar-refractivity contribution in [3.05, 3.63) is 0 Å². The van der Waals surface area contributed by atoms with Crippen LogP contribution in [-0.4, -0.2) is 31.2 Å². The first-order valence-corrected chi connectivity index (χ1v) is 10.4. The summed E-state index contributed by atoms with van der Waals surface area (Å²) in [6, 6.07) is 0. The maximum atomic E-state index is 3.25. The van der Waals surface area contributed by atoms with Gasteiger partial charge in [-0.25, -0.2) is 0 Å². The molecule has 0 aromatic carbocycles. The minimum absolute atomic E-state index is 0.995. The highest BCUT2D eigenvalue weighted by molar-refractivity contribution is 9.12. The predicted octanol–water partition coefficient (Wildman–Crippen LogP) is 6.51. The standard InChI is InChI=1S/C20H39BrN/c1-4-6-8-10-12-14-18-22(3,20-16-17-21)19-15-13-11-9-7-5-2/h4-15,18-20H2,1-3H3/q+1. The smallest absolute Gasteiger partial charge is 0.141 e. The van der Waals surface area contributed by atoms with Gasteiger partial charge in [-0.2, -0.15) is 0 Å². The molecule has 0 fully saturated rings. The Kier molecular flexibility index (Phi) is 15.9. The summed E-state index contributed by atoms with van der Waals surface area (Å²) in [6.07, 6.45) is 16.6. The second kappa shape index (κ2) is 15.9. The fourth-order valence-corrected chi connectivity index (χ4v) is 3.16. The van der Waals surface area contributed by atoms with Crippen LogP contribution < -0.4 is 0 Å². The number of nitrogens with zero attached hydrogens (tertiary/aromatic N) is 1. The van der Waals surface area contributed by atoms with Crippen LogP contribution in [-0.2, 0) is 0 Å². The van der Waals surface area contributed by atoms with E-state index in [0.29, 0.717) is 0 Å². The minimum Gasteiger partial charge on any atom is -0.316 e. The highest BCUT2D eigenvalue weighted by Gasteiger charge is 2.19. The summed E-state index contributed by atoms with van der Waals surface area (Å²) < 4.78 is 1.14. The van der Waals surface area contributed by atoms with E-state index in [1.54, 1.807) is 0 Å². The lowest BCUT2D eigenvalue weighted by atomic mass is 10.1. The zero-order valence-electron chi connectivity index (χ0n) is 15.4. The van der Waals surface area contributed by atoms with Crippen LogP contribution in [0.3, 0.4) is 0 Å². The number of hydrogen-bond donors (Lipinski definition) is 0. The van der Waals surface area contributed by atoms with Gasteiger partial charge in [0.25, 0.3) is 0 Å². The molecule has 0 aliphatic rings. The number of hydrogen-bond acceptors (Lipinski definition) is 0. The molecular weight excluding hydrogens is 334 g/mol. The van der Waals surface area contributed by atoms with E-state index in [1.165, 1.54) is 90.1 Å². The molecule has 0 unspecified atom stereocenters. The lowest BCUT2D eigenvalue weighted by Crippen LogP contribution is -2.45. The molecule has 0 aromatic rings. The Morgan fingerprint density at radius 1 is 0.682 bits per heavy atom. The molecular formula is C20H39BrN+. The molecule has 0 atom stereocenters. The third-order valence-electron chi connectivity index (χ3n) is 4.63. The van der Waals surface area contributed by atoms with Crippen molar-refractivity contribution in [2.24, 2.45) is 0 Å². The highest BCUT2D eigenvalue weighted by atomic mass is 79.9. The quantitative estimate of drug-likeness (QED) is 0.174. The molecule has 2 heteroatoms. The summed E-state index contributed by atoms with van der Waals surface area (Å²) in [6.45, 7) is 8.15. The van der Waals surface area contributed by atoms with Gasteiger partial charge in [0.05, 0.1) is 20.1 Å². The third kappa shape index (κ3) is 13.6. The van der Waals surface area contributed by atoms with Gasteiger partial charge in [-0.05, 0) is 36.4 Å². The molecule has 22 heavy (non-hydrogen) atoms. The Morgan fingerprint density at radius 2 is 1.09 bits per heavy atom. The van der Waals surface area contributed by atoms with Crippen molar-refractivity contribution in [1.82, 2.24) is 0 Å². The molecule has 0 spiro atoms. The highest BCUT2D eigenvalue weighted by Crippen LogP contribution is 2.13. The van der Waals surface area contributed by atoms with Gasteiger partial charge in [0, 0.05) is 15.9 Å². The van der Waals surface area contributed by atoms with Gasteiger partial charge in [-0.15, -0.1) is 0 Å².